The van der Waals surface area contributed by atoms with E-state index >= 15 is 0 Å². The van der Waals surface area contributed by atoms with E-state index < -0.39 is 5.78 Å². The molecular formula is C20H14O4. The molecule has 24 heavy (non-hydrogen) atoms. The first kappa shape index (κ1) is 15.5. The molecule has 4 heteroatoms. The van der Waals surface area contributed by atoms with E-state index in [1.165, 1.54) is 30.3 Å². The van der Waals surface area contributed by atoms with E-state index in [2.05, 4.69) is 0 Å². The highest BCUT2D eigenvalue weighted by molar-refractivity contribution is 6.15. The Hall–Kier alpha value is -3.40. The Kier molecular flexibility index (Phi) is 4.12. The Labute approximate surface area is 138 Å². The molecule has 0 fully saturated rings. The van der Waals surface area contributed by atoms with Gasteiger partial charge >= 0.3 is 0 Å². The van der Waals surface area contributed by atoms with Gasteiger partial charge in [0.25, 0.3) is 0 Å². The van der Waals surface area contributed by atoms with Crippen molar-refractivity contribution >= 4 is 11.6 Å². The molecule has 0 aliphatic heterocycles. The van der Waals surface area contributed by atoms with Gasteiger partial charge in [0.1, 0.15) is 11.5 Å². The summed E-state index contributed by atoms with van der Waals surface area (Å²) in [7, 11) is 0. The van der Waals surface area contributed by atoms with Gasteiger partial charge < -0.3 is 10.2 Å². The van der Waals surface area contributed by atoms with Crippen LogP contribution < -0.4 is 0 Å². The molecule has 4 nitrogen and oxygen atoms in total. The number of hydrogen-bond donors (Lipinski definition) is 2. The van der Waals surface area contributed by atoms with Crippen molar-refractivity contribution in [2.24, 2.45) is 0 Å². The van der Waals surface area contributed by atoms with Gasteiger partial charge in [-0.2, -0.15) is 0 Å². The standard InChI is InChI=1S/C20H14O4/c21-17-9-5-4-8-15(17)20(24)14-10-11-18(22)16(12-14)19(23)13-6-2-1-3-7-13/h1-12,21-22H. The average molecular weight is 318 g/mol. The molecular weight excluding hydrogens is 304 g/mol. The minimum Gasteiger partial charge on any atom is -0.507 e. The molecule has 3 aromatic carbocycles. The molecule has 0 spiro atoms. The molecule has 0 saturated heterocycles. The Balaban J connectivity index is 2.02. The number of hydrogen-bond acceptors (Lipinski definition) is 4. The fraction of sp³-hybridized carbons (Fsp3) is 0. The first-order valence-corrected chi connectivity index (χ1v) is 7.33. The molecule has 118 valence electrons. The summed E-state index contributed by atoms with van der Waals surface area (Å²) in [5.74, 6) is -1.13. The van der Waals surface area contributed by atoms with Gasteiger partial charge in [-0.05, 0) is 30.3 Å². The third-order valence-corrected chi connectivity index (χ3v) is 3.69. The zero-order valence-corrected chi connectivity index (χ0v) is 12.6. The van der Waals surface area contributed by atoms with Crippen molar-refractivity contribution in [2.45, 2.75) is 0 Å². The van der Waals surface area contributed by atoms with E-state index in [1.807, 2.05) is 0 Å². The summed E-state index contributed by atoms with van der Waals surface area (Å²) in [4.78, 5) is 25.1. The van der Waals surface area contributed by atoms with Gasteiger partial charge in [0.05, 0.1) is 11.1 Å². The SMILES string of the molecule is O=C(c1ccc(O)c(C(=O)c2ccccc2)c1)c1ccccc1O. The normalized spacial score (nSPS) is 10.3. The lowest BCUT2D eigenvalue weighted by Crippen LogP contribution is -2.06. The molecule has 0 aliphatic carbocycles. The number of carbonyl (C=O) groups excluding carboxylic acids is 2. The molecule has 0 unspecified atom stereocenters. The molecule has 0 amide bonds. The lowest BCUT2D eigenvalue weighted by atomic mass is 9.96. The largest absolute Gasteiger partial charge is 0.507 e. The number of phenolic OH excluding ortho intramolecular Hbond substituents is 2. The lowest BCUT2D eigenvalue weighted by molar-refractivity contribution is 0.103. The van der Waals surface area contributed by atoms with Crippen LogP contribution in [0, 0.1) is 0 Å². The molecule has 0 aromatic heterocycles. The van der Waals surface area contributed by atoms with Crippen LogP contribution in [0.4, 0.5) is 0 Å². The van der Waals surface area contributed by atoms with Gasteiger partial charge in [-0.15, -0.1) is 0 Å². The second kappa shape index (κ2) is 6.38. The molecule has 0 bridgehead atoms. The Morgan fingerprint density at radius 3 is 1.88 bits per heavy atom. The van der Waals surface area contributed by atoms with E-state index in [1.54, 1.807) is 42.5 Å². The third-order valence-electron chi connectivity index (χ3n) is 3.69. The van der Waals surface area contributed by atoms with Crippen LogP contribution in [0.15, 0.2) is 72.8 Å². The van der Waals surface area contributed by atoms with Crippen LogP contribution in [0.2, 0.25) is 0 Å². The summed E-state index contributed by atoms with van der Waals surface area (Å²) in [5, 5.41) is 19.8. The summed E-state index contributed by atoms with van der Waals surface area (Å²) in [6, 6.07) is 18.8. The molecule has 3 rings (SSSR count). The van der Waals surface area contributed by atoms with Crippen molar-refractivity contribution in [1.82, 2.24) is 0 Å². The highest BCUT2D eigenvalue weighted by Crippen LogP contribution is 2.25. The van der Waals surface area contributed by atoms with Crippen LogP contribution in [-0.4, -0.2) is 21.8 Å². The minimum absolute atomic E-state index is 0.0440. The number of benzene rings is 3. The van der Waals surface area contributed by atoms with Gasteiger partial charge in [-0.3, -0.25) is 9.59 Å². The van der Waals surface area contributed by atoms with Crippen molar-refractivity contribution < 1.29 is 19.8 Å². The fourth-order valence-corrected chi connectivity index (χ4v) is 2.43. The molecule has 2 N–H and O–H groups in total. The summed E-state index contributed by atoms with van der Waals surface area (Å²) in [6.07, 6.45) is 0. The monoisotopic (exact) mass is 318 g/mol. The molecule has 0 saturated carbocycles. The highest BCUT2D eigenvalue weighted by atomic mass is 16.3. The smallest absolute Gasteiger partial charge is 0.196 e. The van der Waals surface area contributed by atoms with Gasteiger partial charge in [-0.25, -0.2) is 0 Å². The van der Waals surface area contributed by atoms with Crippen molar-refractivity contribution in [3.05, 3.63) is 95.1 Å². The van der Waals surface area contributed by atoms with Crippen LogP contribution in [0.3, 0.4) is 0 Å². The van der Waals surface area contributed by atoms with Crippen molar-refractivity contribution in [3.8, 4) is 11.5 Å². The Morgan fingerprint density at radius 1 is 0.583 bits per heavy atom. The van der Waals surface area contributed by atoms with E-state index in [4.69, 9.17) is 0 Å². The fourth-order valence-electron chi connectivity index (χ4n) is 2.43. The van der Waals surface area contributed by atoms with Crippen molar-refractivity contribution in [3.63, 3.8) is 0 Å². The average Bonchev–Trinajstić information content (AvgIpc) is 2.62. The summed E-state index contributed by atoms with van der Waals surface area (Å²) < 4.78 is 0. The molecule has 3 aromatic rings. The first-order valence-electron chi connectivity index (χ1n) is 7.33. The zero-order chi connectivity index (χ0) is 17.1. The van der Waals surface area contributed by atoms with Crippen LogP contribution >= 0.6 is 0 Å². The molecule has 0 aliphatic rings. The molecule has 0 radical (unpaired) electrons. The Morgan fingerprint density at radius 2 is 1.17 bits per heavy atom. The number of ketones is 2. The third kappa shape index (κ3) is 2.90. The summed E-state index contributed by atoms with van der Waals surface area (Å²) >= 11 is 0. The highest BCUT2D eigenvalue weighted by Gasteiger charge is 2.18. The van der Waals surface area contributed by atoms with Gasteiger partial charge in [0, 0.05) is 11.1 Å². The van der Waals surface area contributed by atoms with Crippen LogP contribution in [0.1, 0.15) is 31.8 Å². The van der Waals surface area contributed by atoms with Gasteiger partial charge in [0.15, 0.2) is 11.6 Å². The Bertz CT molecular complexity index is 914. The van der Waals surface area contributed by atoms with Crippen molar-refractivity contribution in [2.75, 3.05) is 0 Å². The predicted octanol–water partition coefficient (Wildman–Crippen LogP) is 3.56. The molecule has 0 atom stereocenters. The van der Waals surface area contributed by atoms with E-state index in [0.717, 1.165) is 0 Å². The topological polar surface area (TPSA) is 74.6 Å². The van der Waals surface area contributed by atoms with Gasteiger partial charge in [-0.1, -0.05) is 42.5 Å². The minimum atomic E-state index is -0.421. The second-order valence-corrected chi connectivity index (χ2v) is 5.27. The first-order chi connectivity index (χ1) is 11.6. The predicted molar refractivity (Wildman–Crippen MR) is 89.5 cm³/mol. The van der Waals surface area contributed by atoms with E-state index in [-0.39, 0.29) is 34.0 Å². The zero-order valence-electron chi connectivity index (χ0n) is 12.6. The van der Waals surface area contributed by atoms with E-state index in [0.29, 0.717) is 5.56 Å². The summed E-state index contributed by atoms with van der Waals surface area (Å²) in [5.41, 5.74) is 0.817. The summed E-state index contributed by atoms with van der Waals surface area (Å²) in [6.45, 7) is 0. The lowest BCUT2D eigenvalue weighted by Gasteiger charge is -2.08. The number of phenols is 2. The maximum Gasteiger partial charge on any atom is 0.196 e. The van der Waals surface area contributed by atoms with Crippen LogP contribution in [0.5, 0.6) is 11.5 Å². The second-order valence-electron chi connectivity index (χ2n) is 5.27. The maximum atomic E-state index is 12.5. The quantitative estimate of drug-likeness (QED) is 0.721. The molecule has 0 heterocycles. The number of aromatic hydroxyl groups is 2. The van der Waals surface area contributed by atoms with Crippen LogP contribution in [-0.2, 0) is 0 Å². The number of rotatable bonds is 4. The van der Waals surface area contributed by atoms with Crippen molar-refractivity contribution in [1.29, 1.82) is 0 Å². The van der Waals surface area contributed by atoms with Gasteiger partial charge in [0.2, 0.25) is 0 Å². The van der Waals surface area contributed by atoms with Crippen LogP contribution in [0.25, 0.3) is 0 Å². The number of para-hydroxylation sites is 1. The van der Waals surface area contributed by atoms with E-state index in [9.17, 15) is 19.8 Å². The number of carbonyl (C=O) groups is 2. The maximum absolute atomic E-state index is 12.5.